The second kappa shape index (κ2) is 14.0. The van der Waals surface area contributed by atoms with Crippen molar-refractivity contribution in [3.8, 4) is 0 Å². The van der Waals surface area contributed by atoms with Gasteiger partial charge in [0.05, 0.1) is 45.1 Å². The second-order valence-electron chi connectivity index (χ2n) is 8.59. The normalized spacial score (nSPS) is 23.5. The Morgan fingerprint density at radius 1 is 1.06 bits per heavy atom. The fourth-order valence-electron chi connectivity index (χ4n) is 3.15. The summed E-state index contributed by atoms with van der Waals surface area (Å²) in [5, 5.41) is 9.35. The first-order valence-corrected chi connectivity index (χ1v) is 10.9. The number of allylic oxidation sites excluding steroid dienone is 2. The Morgan fingerprint density at radius 3 is 2.00 bits per heavy atom. The lowest BCUT2D eigenvalue weighted by molar-refractivity contribution is -0.275. The minimum absolute atomic E-state index is 0.0376. The van der Waals surface area contributed by atoms with Crippen LogP contribution in [0.1, 0.15) is 33.6 Å². The highest BCUT2D eigenvalue weighted by molar-refractivity contribution is 6.04. The van der Waals surface area contributed by atoms with Gasteiger partial charge in [0, 0.05) is 17.1 Å². The van der Waals surface area contributed by atoms with Gasteiger partial charge in [0.25, 0.3) is 0 Å². The van der Waals surface area contributed by atoms with E-state index in [1.54, 1.807) is 0 Å². The Bertz CT molecular complexity index is 700. The number of rotatable bonds is 10. The summed E-state index contributed by atoms with van der Waals surface area (Å²) in [6.07, 6.45) is 3.32. The molecule has 2 fully saturated rings. The standard InChI is InChI=1S/C20H28O7.C4H8O2/c1-6-15(21)9-14(17(23)24)10-19(4,5)18-26-12-20(8-3,13-27-18)11-25-16(22)7-2;1-2-6-4-3-5-1/h6-7,9,18H,1-2,8,10-13H2,3-5H3,(H,23,24);1-4H2. The third kappa shape index (κ3) is 10.00. The van der Waals surface area contributed by atoms with Crippen LogP contribution in [0.15, 0.2) is 37.0 Å². The summed E-state index contributed by atoms with van der Waals surface area (Å²) in [4.78, 5) is 34.3. The quantitative estimate of drug-likeness (QED) is 0.381. The van der Waals surface area contributed by atoms with Crippen LogP contribution in [-0.2, 0) is 38.1 Å². The molecule has 2 rings (SSSR count). The van der Waals surface area contributed by atoms with Gasteiger partial charge in [0.1, 0.15) is 6.61 Å². The van der Waals surface area contributed by atoms with E-state index in [2.05, 4.69) is 13.2 Å². The minimum Gasteiger partial charge on any atom is -0.478 e. The molecule has 186 valence electrons. The number of ether oxygens (including phenoxy) is 5. The van der Waals surface area contributed by atoms with Gasteiger partial charge in [0.2, 0.25) is 0 Å². The summed E-state index contributed by atoms with van der Waals surface area (Å²) in [6.45, 7) is 16.1. The Kier molecular flexibility index (Phi) is 12.2. The second-order valence-corrected chi connectivity index (χ2v) is 8.59. The number of hydrogen-bond donors (Lipinski definition) is 1. The highest BCUT2D eigenvalue weighted by Gasteiger charge is 2.43. The molecular weight excluding hydrogens is 432 g/mol. The van der Waals surface area contributed by atoms with Gasteiger partial charge in [-0.3, -0.25) is 4.79 Å². The van der Waals surface area contributed by atoms with Gasteiger partial charge in [0.15, 0.2) is 12.1 Å². The van der Waals surface area contributed by atoms with Gasteiger partial charge in [-0.15, -0.1) is 0 Å². The molecule has 33 heavy (non-hydrogen) atoms. The highest BCUT2D eigenvalue weighted by atomic mass is 16.7. The van der Waals surface area contributed by atoms with Crippen molar-refractivity contribution in [1.82, 2.24) is 0 Å². The molecule has 0 aromatic rings. The monoisotopic (exact) mass is 468 g/mol. The lowest BCUT2D eigenvalue weighted by Gasteiger charge is -2.44. The Labute approximate surface area is 195 Å². The summed E-state index contributed by atoms with van der Waals surface area (Å²) in [7, 11) is 0. The van der Waals surface area contributed by atoms with Crippen molar-refractivity contribution in [3.63, 3.8) is 0 Å². The topological polar surface area (TPSA) is 118 Å². The Hall–Kier alpha value is -2.33. The van der Waals surface area contributed by atoms with E-state index < -0.39 is 34.8 Å². The zero-order valence-corrected chi connectivity index (χ0v) is 19.8. The van der Waals surface area contributed by atoms with Gasteiger partial charge in [-0.2, -0.15) is 0 Å². The number of ketones is 1. The third-order valence-corrected chi connectivity index (χ3v) is 5.34. The van der Waals surface area contributed by atoms with Gasteiger partial charge < -0.3 is 28.8 Å². The van der Waals surface area contributed by atoms with E-state index in [-0.39, 0.29) is 18.6 Å². The largest absolute Gasteiger partial charge is 0.478 e. The zero-order valence-electron chi connectivity index (χ0n) is 19.8. The molecule has 9 nitrogen and oxygen atoms in total. The van der Waals surface area contributed by atoms with Gasteiger partial charge >= 0.3 is 11.9 Å². The summed E-state index contributed by atoms with van der Waals surface area (Å²) < 4.78 is 26.8. The molecular formula is C24H36O9. The van der Waals surface area contributed by atoms with Crippen LogP contribution in [0.4, 0.5) is 0 Å². The average Bonchev–Trinajstić information content (AvgIpc) is 2.83. The number of carboxylic acid groups (broad SMARTS) is 1. The molecule has 0 aromatic carbocycles. The van der Waals surface area contributed by atoms with E-state index in [0.717, 1.165) is 44.7 Å². The predicted octanol–water partition coefficient (Wildman–Crippen LogP) is 2.70. The van der Waals surface area contributed by atoms with Gasteiger partial charge in [-0.25, -0.2) is 9.59 Å². The van der Waals surface area contributed by atoms with E-state index in [0.29, 0.717) is 19.6 Å². The van der Waals surface area contributed by atoms with Crippen molar-refractivity contribution in [2.75, 3.05) is 46.2 Å². The molecule has 0 aliphatic carbocycles. The molecule has 9 heteroatoms. The lowest BCUT2D eigenvalue weighted by Crippen LogP contribution is -2.49. The predicted molar refractivity (Wildman–Crippen MR) is 121 cm³/mol. The number of carboxylic acids is 1. The zero-order chi connectivity index (χ0) is 24.9. The molecule has 0 bridgehead atoms. The van der Waals surface area contributed by atoms with Crippen molar-refractivity contribution >= 4 is 17.7 Å². The van der Waals surface area contributed by atoms with E-state index >= 15 is 0 Å². The third-order valence-electron chi connectivity index (χ3n) is 5.34. The molecule has 2 heterocycles. The van der Waals surface area contributed by atoms with Crippen LogP contribution >= 0.6 is 0 Å². The van der Waals surface area contributed by atoms with Crippen molar-refractivity contribution in [2.24, 2.45) is 10.8 Å². The van der Waals surface area contributed by atoms with E-state index in [4.69, 9.17) is 23.7 Å². The molecule has 0 radical (unpaired) electrons. The van der Waals surface area contributed by atoms with Crippen LogP contribution in [0.3, 0.4) is 0 Å². The van der Waals surface area contributed by atoms with Crippen molar-refractivity contribution in [2.45, 2.75) is 39.9 Å². The summed E-state index contributed by atoms with van der Waals surface area (Å²) in [5.74, 6) is -2.15. The van der Waals surface area contributed by atoms with E-state index in [1.165, 1.54) is 0 Å². The molecule has 0 atom stereocenters. The maximum absolute atomic E-state index is 11.5. The number of esters is 1. The lowest BCUT2D eigenvalue weighted by atomic mass is 9.82. The maximum Gasteiger partial charge on any atom is 0.331 e. The van der Waals surface area contributed by atoms with Crippen LogP contribution in [-0.4, -0.2) is 75.4 Å². The first kappa shape index (κ1) is 28.7. The number of carbonyl (C=O) groups is 3. The molecule has 2 saturated heterocycles. The molecule has 2 aliphatic rings. The van der Waals surface area contributed by atoms with Crippen LogP contribution < -0.4 is 0 Å². The molecule has 0 saturated carbocycles. The molecule has 1 N–H and O–H groups in total. The minimum atomic E-state index is -1.17. The number of carbonyl (C=O) groups excluding carboxylic acids is 2. The van der Waals surface area contributed by atoms with E-state index in [1.807, 2.05) is 20.8 Å². The molecule has 2 aliphatic heterocycles. The summed E-state index contributed by atoms with van der Waals surface area (Å²) >= 11 is 0. The van der Waals surface area contributed by atoms with Crippen molar-refractivity contribution < 1.29 is 43.2 Å². The van der Waals surface area contributed by atoms with Gasteiger partial charge in [-0.05, 0) is 25.0 Å². The molecule has 0 spiro atoms. The van der Waals surface area contributed by atoms with Crippen LogP contribution in [0.25, 0.3) is 0 Å². The fourth-order valence-corrected chi connectivity index (χ4v) is 3.15. The van der Waals surface area contributed by atoms with Crippen LogP contribution in [0.2, 0.25) is 0 Å². The number of hydrogen-bond acceptors (Lipinski definition) is 8. The smallest absolute Gasteiger partial charge is 0.331 e. The van der Waals surface area contributed by atoms with Crippen LogP contribution in [0, 0.1) is 10.8 Å². The summed E-state index contributed by atoms with van der Waals surface area (Å²) in [6, 6.07) is 0. The van der Waals surface area contributed by atoms with E-state index in [9.17, 15) is 19.5 Å². The maximum atomic E-state index is 11.5. The molecule has 0 amide bonds. The van der Waals surface area contributed by atoms with Crippen LogP contribution in [0.5, 0.6) is 0 Å². The molecule has 0 aromatic heterocycles. The Morgan fingerprint density at radius 2 is 1.61 bits per heavy atom. The highest BCUT2D eigenvalue weighted by Crippen LogP contribution is 2.38. The SMILES string of the molecule is C1COCCO1.C=CC(=O)C=C(CC(C)(C)C1OCC(CC)(COC(=O)C=C)CO1)C(=O)O. The van der Waals surface area contributed by atoms with Gasteiger partial charge in [-0.1, -0.05) is 33.9 Å². The fraction of sp³-hybridized carbons (Fsp3) is 0.625. The molecule has 0 unspecified atom stereocenters. The summed E-state index contributed by atoms with van der Waals surface area (Å²) in [5.41, 5.74) is -1.19. The van der Waals surface area contributed by atoms with Crippen molar-refractivity contribution in [3.05, 3.63) is 37.0 Å². The first-order valence-electron chi connectivity index (χ1n) is 10.9. The average molecular weight is 469 g/mol. The Balaban J connectivity index is 0.000000779. The van der Waals surface area contributed by atoms with Crippen molar-refractivity contribution in [1.29, 1.82) is 0 Å². The first-order chi connectivity index (χ1) is 15.6. The number of aliphatic carboxylic acids is 1.